The van der Waals surface area contributed by atoms with Crippen LogP contribution < -0.4 is 0 Å². The van der Waals surface area contributed by atoms with E-state index in [2.05, 4.69) is 71.7 Å². The minimum absolute atomic E-state index is 0.970. The van der Waals surface area contributed by atoms with E-state index in [1.165, 1.54) is 32.8 Å². The van der Waals surface area contributed by atoms with Gasteiger partial charge in [0, 0.05) is 34.5 Å². The second kappa shape index (κ2) is 4.99. The zero-order valence-corrected chi connectivity index (χ0v) is 14.0. The summed E-state index contributed by atoms with van der Waals surface area (Å²) in [5.41, 5.74) is 6.84. The van der Waals surface area contributed by atoms with Gasteiger partial charge in [-0.25, -0.2) is 4.98 Å². The number of nitrogens with zero attached hydrogens (tertiary/aromatic N) is 2. The summed E-state index contributed by atoms with van der Waals surface area (Å²) in [4.78, 5) is 9.49. The fraction of sp³-hybridized carbons (Fsp3) is 0. The summed E-state index contributed by atoms with van der Waals surface area (Å²) >= 11 is 0. The highest BCUT2D eigenvalue weighted by Gasteiger charge is 2.22. The molecule has 120 valence electrons. The van der Waals surface area contributed by atoms with Gasteiger partial charge in [-0.3, -0.25) is 4.98 Å². The van der Waals surface area contributed by atoms with Crippen LogP contribution in [0.5, 0.6) is 0 Å². The van der Waals surface area contributed by atoms with Crippen molar-refractivity contribution in [1.29, 1.82) is 0 Å². The molecule has 0 bridgehead atoms. The predicted molar refractivity (Wildman–Crippen MR) is 107 cm³/mol. The maximum atomic E-state index is 5.07. The van der Waals surface area contributed by atoms with Crippen LogP contribution in [0.2, 0.25) is 0 Å². The first-order valence-electron chi connectivity index (χ1n) is 8.77. The molecular weight excluding hydrogens is 316 g/mol. The Morgan fingerprint density at radius 1 is 0.538 bits per heavy atom. The van der Waals surface area contributed by atoms with Gasteiger partial charge in [-0.05, 0) is 33.9 Å². The van der Waals surface area contributed by atoms with Gasteiger partial charge in [0.05, 0.1) is 11.4 Å². The Labute approximate surface area is 150 Å². The number of pyridine rings is 2. The average Bonchev–Trinajstić information content (AvgIpc) is 3.03. The van der Waals surface area contributed by atoms with Gasteiger partial charge in [0.15, 0.2) is 0 Å². The Balaban J connectivity index is 1.65. The van der Waals surface area contributed by atoms with Gasteiger partial charge in [0.2, 0.25) is 0 Å². The van der Waals surface area contributed by atoms with Crippen molar-refractivity contribution in [1.82, 2.24) is 9.97 Å². The van der Waals surface area contributed by atoms with E-state index in [4.69, 9.17) is 4.98 Å². The highest BCUT2D eigenvalue weighted by Crippen LogP contribution is 2.46. The van der Waals surface area contributed by atoms with E-state index in [1.54, 1.807) is 0 Å². The maximum Gasteiger partial charge on any atom is 0.0794 e. The number of hydrogen-bond donors (Lipinski definition) is 0. The summed E-state index contributed by atoms with van der Waals surface area (Å²) in [5, 5.41) is 4.90. The Kier molecular flexibility index (Phi) is 2.64. The third-order valence-electron chi connectivity index (χ3n) is 5.29. The molecule has 0 atom stereocenters. The molecule has 0 aliphatic heterocycles. The van der Waals surface area contributed by atoms with Crippen molar-refractivity contribution >= 4 is 21.5 Å². The van der Waals surface area contributed by atoms with E-state index in [0.29, 0.717) is 0 Å². The molecule has 5 aromatic rings. The number of rotatable bonds is 1. The van der Waals surface area contributed by atoms with Crippen molar-refractivity contribution in [2.75, 3.05) is 0 Å². The summed E-state index contributed by atoms with van der Waals surface area (Å²) < 4.78 is 0. The minimum atomic E-state index is 0.970. The van der Waals surface area contributed by atoms with Crippen molar-refractivity contribution in [3.8, 4) is 33.6 Å². The summed E-state index contributed by atoms with van der Waals surface area (Å²) in [7, 11) is 0. The predicted octanol–water partition coefficient (Wildman–Crippen LogP) is 6.10. The van der Waals surface area contributed by atoms with Gasteiger partial charge in [0.25, 0.3) is 0 Å². The fourth-order valence-corrected chi connectivity index (χ4v) is 4.12. The molecule has 1 aliphatic rings. The molecule has 26 heavy (non-hydrogen) atoms. The van der Waals surface area contributed by atoms with E-state index < -0.39 is 0 Å². The third kappa shape index (κ3) is 1.76. The van der Waals surface area contributed by atoms with Crippen LogP contribution >= 0.6 is 0 Å². The topological polar surface area (TPSA) is 25.8 Å². The van der Waals surface area contributed by atoms with E-state index in [-0.39, 0.29) is 0 Å². The van der Waals surface area contributed by atoms with E-state index in [0.717, 1.165) is 22.3 Å². The molecule has 0 spiro atoms. The van der Waals surface area contributed by atoms with Crippen molar-refractivity contribution in [3.05, 3.63) is 85.2 Å². The summed E-state index contributed by atoms with van der Waals surface area (Å²) in [6, 6.07) is 25.6. The van der Waals surface area contributed by atoms with Crippen molar-refractivity contribution < 1.29 is 0 Å². The quantitative estimate of drug-likeness (QED) is 0.364. The second-order valence-electron chi connectivity index (χ2n) is 6.71. The molecule has 1 aliphatic carbocycles. The number of aromatic nitrogens is 2. The Morgan fingerprint density at radius 3 is 2.27 bits per heavy atom. The first kappa shape index (κ1) is 13.7. The lowest BCUT2D eigenvalue weighted by atomic mass is 10.0. The molecule has 0 unspecified atom stereocenters. The lowest BCUT2D eigenvalue weighted by Gasteiger charge is -2.08. The molecule has 3 aromatic carbocycles. The molecule has 2 heterocycles. The van der Waals surface area contributed by atoms with Gasteiger partial charge in [-0.1, -0.05) is 60.7 Å². The first-order chi connectivity index (χ1) is 12.9. The molecule has 2 aromatic heterocycles. The van der Waals surface area contributed by atoms with E-state index >= 15 is 0 Å². The van der Waals surface area contributed by atoms with Crippen LogP contribution in [0.15, 0.2) is 85.2 Å². The second-order valence-corrected chi connectivity index (χ2v) is 6.71. The van der Waals surface area contributed by atoms with Gasteiger partial charge < -0.3 is 0 Å². The van der Waals surface area contributed by atoms with Crippen LogP contribution in [0, 0.1) is 0 Å². The smallest absolute Gasteiger partial charge is 0.0794 e. The lowest BCUT2D eigenvalue weighted by Crippen LogP contribution is -1.90. The molecule has 0 amide bonds. The van der Waals surface area contributed by atoms with Gasteiger partial charge in [-0.15, -0.1) is 0 Å². The zero-order chi connectivity index (χ0) is 17.1. The van der Waals surface area contributed by atoms with E-state index in [9.17, 15) is 0 Å². The highest BCUT2D eigenvalue weighted by atomic mass is 14.7. The monoisotopic (exact) mass is 330 g/mol. The maximum absolute atomic E-state index is 5.07. The van der Waals surface area contributed by atoms with Crippen LogP contribution in [0.4, 0.5) is 0 Å². The third-order valence-corrected chi connectivity index (χ3v) is 5.29. The highest BCUT2D eigenvalue weighted by molar-refractivity contribution is 6.14. The zero-order valence-electron chi connectivity index (χ0n) is 14.0. The first-order valence-corrected chi connectivity index (χ1v) is 8.77. The van der Waals surface area contributed by atoms with Crippen molar-refractivity contribution in [2.24, 2.45) is 0 Å². The number of hydrogen-bond acceptors (Lipinski definition) is 2. The number of benzene rings is 3. The fourth-order valence-electron chi connectivity index (χ4n) is 4.12. The molecule has 0 saturated heterocycles. The normalized spacial score (nSPS) is 11.8. The van der Waals surface area contributed by atoms with Crippen LogP contribution in [-0.4, -0.2) is 9.97 Å². The van der Waals surface area contributed by atoms with Gasteiger partial charge in [-0.2, -0.15) is 0 Å². The lowest BCUT2D eigenvalue weighted by molar-refractivity contribution is 1.31. The largest absolute Gasteiger partial charge is 0.263 e. The van der Waals surface area contributed by atoms with Crippen LogP contribution in [-0.2, 0) is 0 Å². The summed E-state index contributed by atoms with van der Waals surface area (Å²) in [6.45, 7) is 0. The van der Waals surface area contributed by atoms with Crippen molar-refractivity contribution in [2.45, 2.75) is 0 Å². The molecule has 2 heteroatoms. The molecule has 6 rings (SSSR count). The van der Waals surface area contributed by atoms with Crippen molar-refractivity contribution in [3.63, 3.8) is 0 Å². The summed E-state index contributed by atoms with van der Waals surface area (Å²) in [6.07, 6.45) is 3.82. The number of fused-ring (bicyclic) bond motifs is 4. The van der Waals surface area contributed by atoms with Crippen LogP contribution in [0.3, 0.4) is 0 Å². The molecule has 2 nitrogen and oxygen atoms in total. The molecule has 0 N–H and O–H groups in total. The SMILES string of the molecule is c1ccc2c(-c3ccc4c(n3)-c3cccc5cccc-4c35)cncc2c1. The molecule has 0 saturated carbocycles. The molecule has 0 radical (unpaired) electrons. The minimum Gasteiger partial charge on any atom is -0.263 e. The summed E-state index contributed by atoms with van der Waals surface area (Å²) in [5.74, 6) is 0. The van der Waals surface area contributed by atoms with Gasteiger partial charge >= 0.3 is 0 Å². The molecule has 0 fully saturated rings. The standard InChI is InChI=1S/C24H14N2/c1-2-8-17-16(5-1)13-25-14-21(17)22-12-11-19-18-9-3-6-15-7-4-10-20(23(15)18)24(19)26-22/h1-14H. The Hall–Kier alpha value is -3.52. The van der Waals surface area contributed by atoms with Crippen LogP contribution in [0.1, 0.15) is 0 Å². The molecular formula is C24H14N2. The van der Waals surface area contributed by atoms with Crippen LogP contribution in [0.25, 0.3) is 55.2 Å². The Bertz CT molecular complexity index is 1320. The Morgan fingerprint density at radius 2 is 1.35 bits per heavy atom. The van der Waals surface area contributed by atoms with Gasteiger partial charge in [0.1, 0.15) is 0 Å². The van der Waals surface area contributed by atoms with E-state index in [1.807, 2.05) is 18.5 Å². The average molecular weight is 330 g/mol.